The van der Waals surface area contributed by atoms with Crippen molar-refractivity contribution < 1.29 is 4.79 Å². The van der Waals surface area contributed by atoms with Gasteiger partial charge < -0.3 is 9.88 Å². The lowest BCUT2D eigenvalue weighted by Gasteiger charge is -2.11. The van der Waals surface area contributed by atoms with Gasteiger partial charge in [-0.05, 0) is 43.7 Å². The average Bonchev–Trinajstić information content (AvgIpc) is 3.18. The number of fused-ring (bicyclic) bond motifs is 1. The van der Waals surface area contributed by atoms with E-state index in [0.717, 1.165) is 15.9 Å². The Hall–Kier alpha value is -2.92. The third kappa shape index (κ3) is 3.78. The van der Waals surface area contributed by atoms with Crippen molar-refractivity contribution in [1.82, 2.24) is 14.9 Å². The predicted molar refractivity (Wildman–Crippen MR) is 110 cm³/mol. The topological polar surface area (TPSA) is 46.9 Å². The molecule has 0 radical (unpaired) electrons. The molecule has 1 amide bonds. The number of thiophene rings is 1. The number of hydrogen-bond donors (Lipinski definition) is 1. The monoisotopic (exact) mass is 375 g/mol. The summed E-state index contributed by atoms with van der Waals surface area (Å²) in [7, 11) is 0. The van der Waals surface area contributed by atoms with Gasteiger partial charge in [-0.25, -0.2) is 0 Å². The van der Waals surface area contributed by atoms with E-state index in [0.29, 0.717) is 18.8 Å². The van der Waals surface area contributed by atoms with Crippen LogP contribution >= 0.6 is 11.3 Å². The summed E-state index contributed by atoms with van der Waals surface area (Å²) in [6, 6.07) is 18.3. The molecule has 0 aliphatic heterocycles. The molecule has 5 heteroatoms. The molecule has 0 aliphatic carbocycles. The molecule has 0 fully saturated rings. The normalized spacial score (nSPS) is 11.0. The first-order valence-corrected chi connectivity index (χ1v) is 9.75. The van der Waals surface area contributed by atoms with Crippen LogP contribution in [0.25, 0.3) is 10.2 Å². The number of nitrogens with one attached hydrogen (secondary N) is 1. The number of amides is 1. The molecule has 0 spiro atoms. The van der Waals surface area contributed by atoms with Crippen molar-refractivity contribution in [3.63, 3.8) is 0 Å². The van der Waals surface area contributed by atoms with Crippen LogP contribution in [0, 0.1) is 13.8 Å². The summed E-state index contributed by atoms with van der Waals surface area (Å²) in [4.78, 5) is 18.4. The van der Waals surface area contributed by atoms with Crippen LogP contribution in [0.3, 0.4) is 0 Å². The highest BCUT2D eigenvalue weighted by Gasteiger charge is 2.17. The largest absolute Gasteiger partial charge is 0.345 e. The average molecular weight is 375 g/mol. The molecule has 0 unspecified atom stereocenters. The second kappa shape index (κ2) is 7.37. The van der Waals surface area contributed by atoms with E-state index in [1.165, 1.54) is 16.0 Å². The Morgan fingerprint density at radius 2 is 2.00 bits per heavy atom. The first-order valence-electron chi connectivity index (χ1n) is 8.93. The summed E-state index contributed by atoms with van der Waals surface area (Å²) in [5, 5.41) is 3.00. The standard InChI is InChI=1S/C22H21N3OS/c1-15-6-5-7-17(10-15)14-25-19-11-16(2)27-21(19)12-20(25)22(26)24-13-18-8-3-4-9-23-18/h3-12H,13-14H2,1-2H3,(H,24,26). The molecule has 0 bridgehead atoms. The second-order valence-electron chi connectivity index (χ2n) is 6.72. The number of nitrogens with zero attached hydrogens (tertiary/aromatic N) is 2. The Labute approximate surface area is 162 Å². The van der Waals surface area contributed by atoms with Crippen LogP contribution in [0.4, 0.5) is 0 Å². The molecule has 0 atom stereocenters. The van der Waals surface area contributed by atoms with Gasteiger partial charge in [0.2, 0.25) is 0 Å². The maximum absolute atomic E-state index is 12.9. The second-order valence-corrected chi connectivity index (χ2v) is 8.00. The summed E-state index contributed by atoms with van der Waals surface area (Å²) in [6.45, 7) is 5.28. The van der Waals surface area contributed by atoms with Crippen molar-refractivity contribution in [2.45, 2.75) is 26.9 Å². The van der Waals surface area contributed by atoms with Gasteiger partial charge in [0.05, 0.1) is 22.5 Å². The summed E-state index contributed by atoms with van der Waals surface area (Å²) >= 11 is 1.72. The smallest absolute Gasteiger partial charge is 0.268 e. The molecular weight excluding hydrogens is 354 g/mol. The van der Waals surface area contributed by atoms with Crippen molar-refractivity contribution in [2.75, 3.05) is 0 Å². The maximum Gasteiger partial charge on any atom is 0.268 e. The number of aryl methyl sites for hydroxylation is 2. The summed E-state index contributed by atoms with van der Waals surface area (Å²) in [5.41, 5.74) is 5.06. The third-order valence-electron chi connectivity index (χ3n) is 4.52. The predicted octanol–water partition coefficient (Wildman–Crippen LogP) is 4.69. The van der Waals surface area contributed by atoms with Crippen LogP contribution in [0.2, 0.25) is 0 Å². The highest BCUT2D eigenvalue weighted by Crippen LogP contribution is 2.29. The number of carbonyl (C=O) groups is 1. The van der Waals surface area contributed by atoms with Crippen molar-refractivity contribution in [1.29, 1.82) is 0 Å². The molecule has 4 nitrogen and oxygen atoms in total. The summed E-state index contributed by atoms with van der Waals surface area (Å²) in [5.74, 6) is -0.0747. The van der Waals surface area contributed by atoms with Gasteiger partial charge in [0.25, 0.3) is 5.91 Å². The quantitative estimate of drug-likeness (QED) is 0.550. The SMILES string of the molecule is Cc1cccc(Cn2c(C(=O)NCc3ccccn3)cc3sc(C)cc32)c1. The molecule has 27 heavy (non-hydrogen) atoms. The molecular formula is C22H21N3OS. The maximum atomic E-state index is 12.9. The summed E-state index contributed by atoms with van der Waals surface area (Å²) < 4.78 is 3.25. The fourth-order valence-electron chi connectivity index (χ4n) is 3.28. The third-order valence-corrected chi connectivity index (χ3v) is 5.51. The molecule has 0 aliphatic rings. The van der Waals surface area contributed by atoms with Gasteiger partial charge in [0.15, 0.2) is 0 Å². The molecule has 3 heterocycles. The number of hydrogen-bond acceptors (Lipinski definition) is 3. The van der Waals surface area contributed by atoms with Crippen molar-refractivity contribution >= 4 is 27.5 Å². The van der Waals surface area contributed by atoms with E-state index in [2.05, 4.69) is 59.0 Å². The number of benzene rings is 1. The van der Waals surface area contributed by atoms with E-state index in [-0.39, 0.29) is 5.91 Å². The number of rotatable bonds is 5. The molecule has 1 N–H and O–H groups in total. The Bertz CT molecular complexity index is 1100. The van der Waals surface area contributed by atoms with Crippen molar-refractivity contribution in [3.05, 3.63) is 88.2 Å². The zero-order valence-electron chi connectivity index (χ0n) is 15.4. The van der Waals surface area contributed by atoms with Crippen molar-refractivity contribution in [2.24, 2.45) is 0 Å². The first-order chi connectivity index (χ1) is 13.1. The lowest BCUT2D eigenvalue weighted by Crippen LogP contribution is -2.26. The van der Waals surface area contributed by atoms with E-state index >= 15 is 0 Å². The molecule has 1 aromatic carbocycles. The number of pyridine rings is 1. The van der Waals surface area contributed by atoms with E-state index < -0.39 is 0 Å². The Morgan fingerprint density at radius 1 is 1.11 bits per heavy atom. The van der Waals surface area contributed by atoms with E-state index in [1.807, 2.05) is 24.3 Å². The molecule has 136 valence electrons. The van der Waals surface area contributed by atoms with Crippen molar-refractivity contribution in [3.8, 4) is 0 Å². The van der Waals surface area contributed by atoms with Crippen LogP contribution in [-0.4, -0.2) is 15.5 Å². The van der Waals surface area contributed by atoms with Gasteiger partial charge in [0, 0.05) is 17.6 Å². The zero-order valence-corrected chi connectivity index (χ0v) is 16.2. The highest BCUT2D eigenvalue weighted by molar-refractivity contribution is 7.19. The van der Waals surface area contributed by atoms with Crippen LogP contribution in [0.1, 0.15) is 32.2 Å². The Kier molecular flexibility index (Phi) is 4.77. The fraction of sp³-hybridized carbons (Fsp3) is 0.182. The Balaban J connectivity index is 1.65. The van der Waals surface area contributed by atoms with Crippen LogP contribution < -0.4 is 5.32 Å². The molecule has 0 saturated heterocycles. The fourth-order valence-corrected chi connectivity index (χ4v) is 4.24. The van der Waals surface area contributed by atoms with Gasteiger partial charge in [-0.1, -0.05) is 35.9 Å². The minimum atomic E-state index is -0.0747. The molecule has 4 rings (SSSR count). The summed E-state index contributed by atoms with van der Waals surface area (Å²) in [6.07, 6.45) is 1.74. The minimum absolute atomic E-state index is 0.0747. The van der Waals surface area contributed by atoms with E-state index in [1.54, 1.807) is 17.5 Å². The lowest BCUT2D eigenvalue weighted by molar-refractivity contribution is 0.0942. The van der Waals surface area contributed by atoms with Crippen LogP contribution in [0.5, 0.6) is 0 Å². The van der Waals surface area contributed by atoms with Gasteiger partial charge in [-0.15, -0.1) is 11.3 Å². The van der Waals surface area contributed by atoms with E-state index in [4.69, 9.17) is 0 Å². The zero-order chi connectivity index (χ0) is 18.8. The molecule has 0 saturated carbocycles. The van der Waals surface area contributed by atoms with Gasteiger partial charge in [0.1, 0.15) is 5.69 Å². The van der Waals surface area contributed by atoms with Gasteiger partial charge >= 0.3 is 0 Å². The Morgan fingerprint density at radius 3 is 2.78 bits per heavy atom. The lowest BCUT2D eigenvalue weighted by atomic mass is 10.1. The van der Waals surface area contributed by atoms with Crippen LogP contribution in [-0.2, 0) is 13.1 Å². The van der Waals surface area contributed by atoms with Gasteiger partial charge in [-0.2, -0.15) is 0 Å². The van der Waals surface area contributed by atoms with Crippen LogP contribution in [0.15, 0.2) is 60.8 Å². The minimum Gasteiger partial charge on any atom is -0.345 e. The first kappa shape index (κ1) is 17.5. The van der Waals surface area contributed by atoms with E-state index in [9.17, 15) is 4.79 Å². The highest BCUT2D eigenvalue weighted by atomic mass is 32.1. The van der Waals surface area contributed by atoms with Gasteiger partial charge in [-0.3, -0.25) is 9.78 Å². The molecule has 4 aromatic rings. The number of carbonyl (C=O) groups excluding carboxylic acids is 1. The number of aromatic nitrogens is 2. The molecule has 3 aromatic heterocycles.